The van der Waals surface area contributed by atoms with E-state index in [1.807, 2.05) is 31.2 Å². The van der Waals surface area contributed by atoms with E-state index in [4.69, 9.17) is 17.0 Å². The fourth-order valence-corrected chi connectivity index (χ4v) is 1.77. The molecule has 0 aliphatic carbocycles. The first-order valence-electron chi connectivity index (χ1n) is 6.99. The van der Waals surface area contributed by atoms with E-state index in [1.165, 1.54) is 0 Å². The minimum absolute atomic E-state index is 0.0488. The van der Waals surface area contributed by atoms with Gasteiger partial charge in [0.1, 0.15) is 5.75 Å². The lowest BCUT2D eigenvalue weighted by Crippen LogP contribution is -2.33. The fourth-order valence-electron chi connectivity index (χ4n) is 1.54. The van der Waals surface area contributed by atoms with Crippen LogP contribution in [-0.4, -0.2) is 17.6 Å². The molecule has 1 aromatic carbocycles. The smallest absolute Gasteiger partial charge is 0.226 e. The molecule has 1 rings (SSSR count). The van der Waals surface area contributed by atoms with E-state index in [0.29, 0.717) is 18.1 Å². The zero-order chi connectivity index (χ0) is 14.8. The second kappa shape index (κ2) is 9.31. The summed E-state index contributed by atoms with van der Waals surface area (Å²) in [4.78, 5) is 11.5. The predicted molar refractivity (Wildman–Crippen MR) is 86.1 cm³/mol. The summed E-state index contributed by atoms with van der Waals surface area (Å²) in [5.74, 6) is 0.780. The Morgan fingerprint density at radius 1 is 1.20 bits per heavy atom. The molecule has 0 heterocycles. The number of hydrogen-bond donors (Lipinski definition) is 2. The number of thiocarbonyl (C=S) groups is 1. The van der Waals surface area contributed by atoms with Gasteiger partial charge < -0.3 is 15.4 Å². The van der Waals surface area contributed by atoms with E-state index in [2.05, 4.69) is 17.6 Å². The highest BCUT2D eigenvalue weighted by Gasteiger charge is 2.04. The van der Waals surface area contributed by atoms with Crippen LogP contribution in [-0.2, 0) is 4.79 Å². The maximum Gasteiger partial charge on any atom is 0.226 e. The number of nitrogens with one attached hydrogen (secondary N) is 2. The van der Waals surface area contributed by atoms with Crippen LogP contribution in [0.15, 0.2) is 24.3 Å². The molecule has 5 heteroatoms. The van der Waals surface area contributed by atoms with Crippen LogP contribution in [0.2, 0.25) is 0 Å². The van der Waals surface area contributed by atoms with E-state index in [0.717, 1.165) is 30.7 Å². The molecule has 0 atom stereocenters. The lowest BCUT2D eigenvalue weighted by molar-refractivity contribution is -0.119. The second-order valence-electron chi connectivity index (χ2n) is 4.48. The molecule has 20 heavy (non-hydrogen) atoms. The van der Waals surface area contributed by atoms with Gasteiger partial charge in [-0.2, -0.15) is 0 Å². The van der Waals surface area contributed by atoms with Gasteiger partial charge in [0, 0.05) is 12.1 Å². The van der Waals surface area contributed by atoms with Gasteiger partial charge in [-0.05, 0) is 49.3 Å². The molecule has 0 aliphatic heterocycles. The van der Waals surface area contributed by atoms with Crippen LogP contribution < -0.4 is 15.4 Å². The molecule has 1 amide bonds. The average Bonchev–Trinajstić information content (AvgIpc) is 2.44. The van der Waals surface area contributed by atoms with E-state index in [-0.39, 0.29) is 5.91 Å². The summed E-state index contributed by atoms with van der Waals surface area (Å²) in [5.41, 5.74) is 0.828. The largest absolute Gasteiger partial charge is 0.494 e. The van der Waals surface area contributed by atoms with Crippen LogP contribution in [0.5, 0.6) is 5.75 Å². The first-order valence-corrected chi connectivity index (χ1v) is 7.40. The molecule has 0 saturated carbocycles. The van der Waals surface area contributed by atoms with Crippen molar-refractivity contribution in [3.63, 3.8) is 0 Å². The van der Waals surface area contributed by atoms with Crippen molar-refractivity contribution >= 4 is 28.9 Å². The SMILES string of the molecule is CCCCC(=O)NC(=S)Nc1ccc(OCCC)cc1. The molecule has 0 bridgehead atoms. The van der Waals surface area contributed by atoms with Crippen LogP contribution in [0.3, 0.4) is 0 Å². The Morgan fingerprint density at radius 3 is 2.50 bits per heavy atom. The Balaban J connectivity index is 2.39. The van der Waals surface area contributed by atoms with Crippen molar-refractivity contribution in [2.75, 3.05) is 11.9 Å². The molecular weight excluding hydrogens is 272 g/mol. The van der Waals surface area contributed by atoms with E-state index in [1.54, 1.807) is 0 Å². The molecule has 0 unspecified atom stereocenters. The molecule has 0 fully saturated rings. The van der Waals surface area contributed by atoms with Crippen LogP contribution in [0, 0.1) is 0 Å². The summed E-state index contributed by atoms with van der Waals surface area (Å²) in [6.07, 6.45) is 3.35. The number of unbranched alkanes of at least 4 members (excludes halogenated alkanes) is 1. The van der Waals surface area contributed by atoms with Crippen molar-refractivity contribution in [1.29, 1.82) is 0 Å². The van der Waals surface area contributed by atoms with Crippen molar-refractivity contribution in [3.8, 4) is 5.75 Å². The minimum atomic E-state index is -0.0488. The van der Waals surface area contributed by atoms with E-state index in [9.17, 15) is 4.79 Å². The van der Waals surface area contributed by atoms with Crippen molar-refractivity contribution < 1.29 is 9.53 Å². The lowest BCUT2D eigenvalue weighted by Gasteiger charge is -2.10. The summed E-state index contributed by atoms with van der Waals surface area (Å²) in [5, 5.41) is 5.97. The molecule has 110 valence electrons. The number of carbonyl (C=O) groups excluding carboxylic acids is 1. The molecule has 4 nitrogen and oxygen atoms in total. The Bertz CT molecular complexity index is 432. The van der Waals surface area contributed by atoms with Crippen LogP contribution in [0.1, 0.15) is 39.5 Å². The lowest BCUT2D eigenvalue weighted by atomic mass is 10.2. The number of hydrogen-bond acceptors (Lipinski definition) is 3. The van der Waals surface area contributed by atoms with Gasteiger partial charge in [0.05, 0.1) is 6.61 Å². The van der Waals surface area contributed by atoms with Gasteiger partial charge in [-0.3, -0.25) is 4.79 Å². The highest BCUT2D eigenvalue weighted by Crippen LogP contribution is 2.15. The zero-order valence-electron chi connectivity index (χ0n) is 12.1. The first kappa shape index (κ1) is 16.4. The standard InChI is InChI=1S/C15H22N2O2S/c1-3-5-6-14(18)17-15(20)16-12-7-9-13(10-8-12)19-11-4-2/h7-10H,3-6,11H2,1-2H3,(H2,16,17,18,20). The van der Waals surface area contributed by atoms with Gasteiger partial charge in [-0.15, -0.1) is 0 Å². The first-order chi connectivity index (χ1) is 9.65. The summed E-state index contributed by atoms with van der Waals surface area (Å²) in [6.45, 7) is 4.82. The summed E-state index contributed by atoms with van der Waals surface area (Å²) in [7, 11) is 0. The maximum absolute atomic E-state index is 11.5. The fraction of sp³-hybridized carbons (Fsp3) is 0.467. The maximum atomic E-state index is 11.5. The van der Waals surface area contributed by atoms with Gasteiger partial charge in [0.25, 0.3) is 0 Å². The summed E-state index contributed by atoms with van der Waals surface area (Å²) < 4.78 is 5.49. The number of benzene rings is 1. The van der Waals surface area contributed by atoms with Crippen LogP contribution in [0.25, 0.3) is 0 Å². The number of ether oxygens (including phenoxy) is 1. The number of amides is 1. The van der Waals surface area contributed by atoms with Crippen molar-refractivity contribution in [1.82, 2.24) is 5.32 Å². The average molecular weight is 294 g/mol. The highest BCUT2D eigenvalue weighted by atomic mass is 32.1. The van der Waals surface area contributed by atoms with Crippen molar-refractivity contribution in [2.24, 2.45) is 0 Å². The molecule has 1 aromatic rings. The molecule has 0 saturated heterocycles. The Kier molecular flexibility index (Phi) is 7.65. The van der Waals surface area contributed by atoms with Crippen LogP contribution in [0.4, 0.5) is 5.69 Å². The third-order valence-electron chi connectivity index (χ3n) is 2.60. The number of anilines is 1. The molecule has 0 radical (unpaired) electrons. The van der Waals surface area contributed by atoms with Gasteiger partial charge >= 0.3 is 0 Å². The topological polar surface area (TPSA) is 50.4 Å². The molecule has 0 spiro atoms. The monoisotopic (exact) mass is 294 g/mol. The predicted octanol–water partition coefficient (Wildman–Crippen LogP) is 3.48. The van der Waals surface area contributed by atoms with Gasteiger partial charge in [0.15, 0.2) is 5.11 Å². The highest BCUT2D eigenvalue weighted by molar-refractivity contribution is 7.80. The third-order valence-corrected chi connectivity index (χ3v) is 2.80. The van der Waals surface area contributed by atoms with Crippen LogP contribution >= 0.6 is 12.2 Å². The molecule has 0 aromatic heterocycles. The van der Waals surface area contributed by atoms with Gasteiger partial charge in [-0.25, -0.2) is 0 Å². The van der Waals surface area contributed by atoms with E-state index < -0.39 is 0 Å². The quantitative estimate of drug-likeness (QED) is 0.756. The number of rotatable bonds is 7. The Morgan fingerprint density at radius 2 is 1.90 bits per heavy atom. The Hall–Kier alpha value is -1.62. The normalized spacial score (nSPS) is 9.90. The minimum Gasteiger partial charge on any atom is -0.494 e. The molecule has 2 N–H and O–H groups in total. The Labute approximate surface area is 125 Å². The third kappa shape index (κ3) is 6.52. The second-order valence-corrected chi connectivity index (χ2v) is 4.89. The number of carbonyl (C=O) groups is 1. The zero-order valence-corrected chi connectivity index (χ0v) is 12.9. The van der Waals surface area contributed by atoms with Crippen molar-refractivity contribution in [3.05, 3.63) is 24.3 Å². The van der Waals surface area contributed by atoms with Crippen molar-refractivity contribution in [2.45, 2.75) is 39.5 Å². The molecular formula is C15H22N2O2S. The van der Waals surface area contributed by atoms with Gasteiger partial charge in [-0.1, -0.05) is 20.3 Å². The van der Waals surface area contributed by atoms with Gasteiger partial charge in [0.2, 0.25) is 5.91 Å². The summed E-state index contributed by atoms with van der Waals surface area (Å²) >= 11 is 5.09. The van der Waals surface area contributed by atoms with E-state index >= 15 is 0 Å². The molecule has 0 aliphatic rings. The summed E-state index contributed by atoms with van der Waals surface area (Å²) in [6, 6.07) is 7.49.